The molecule has 2 aromatic heterocycles. The second-order valence-corrected chi connectivity index (χ2v) is 9.35. The number of ether oxygens (including phenoxy) is 1. The van der Waals surface area contributed by atoms with Crippen molar-refractivity contribution in [3.05, 3.63) is 40.2 Å². The molecule has 29 heavy (non-hydrogen) atoms. The van der Waals surface area contributed by atoms with Crippen molar-refractivity contribution in [1.82, 2.24) is 5.32 Å². The van der Waals surface area contributed by atoms with Gasteiger partial charge in [0.25, 0.3) is 5.91 Å². The molecule has 0 saturated heterocycles. The molecule has 7 nitrogen and oxygen atoms in total. The van der Waals surface area contributed by atoms with Crippen LogP contribution in [0.25, 0.3) is 0 Å². The highest BCUT2D eigenvalue weighted by Gasteiger charge is 2.40. The van der Waals surface area contributed by atoms with Gasteiger partial charge in [0.1, 0.15) is 16.8 Å². The molecule has 8 heteroatoms. The summed E-state index contributed by atoms with van der Waals surface area (Å²) in [4.78, 5) is 25.2. The van der Waals surface area contributed by atoms with E-state index in [4.69, 9.17) is 9.15 Å². The summed E-state index contributed by atoms with van der Waals surface area (Å²) in [5.74, 6) is -0.250. The summed E-state index contributed by atoms with van der Waals surface area (Å²) in [5.41, 5.74) is 0.991. The molecule has 0 aromatic carbocycles. The first-order valence-electron chi connectivity index (χ1n) is 9.45. The van der Waals surface area contributed by atoms with Gasteiger partial charge in [-0.05, 0) is 51.8 Å². The third-order valence-corrected chi connectivity index (χ3v) is 6.20. The SMILES string of the molecule is CC1(C)Cc2c(sc(NC(=O)COC(=O)CCc3ccco3)c2C#N)C(C)(C)N1. The number of nitrogens with one attached hydrogen (secondary N) is 2. The van der Waals surface area contributed by atoms with Crippen molar-refractivity contribution >= 4 is 28.2 Å². The number of carbonyl (C=O) groups is 2. The van der Waals surface area contributed by atoms with E-state index in [2.05, 4.69) is 44.4 Å². The second kappa shape index (κ2) is 8.01. The van der Waals surface area contributed by atoms with E-state index < -0.39 is 18.5 Å². The topological polar surface area (TPSA) is 104 Å². The van der Waals surface area contributed by atoms with Gasteiger partial charge in [-0.3, -0.25) is 9.59 Å². The maximum Gasteiger partial charge on any atom is 0.306 e. The zero-order valence-corrected chi connectivity index (χ0v) is 17.9. The van der Waals surface area contributed by atoms with Gasteiger partial charge < -0.3 is 19.8 Å². The van der Waals surface area contributed by atoms with Gasteiger partial charge in [0, 0.05) is 22.4 Å². The number of nitriles is 1. The van der Waals surface area contributed by atoms with Crippen molar-refractivity contribution in [2.45, 2.75) is 58.0 Å². The van der Waals surface area contributed by atoms with Gasteiger partial charge in [0.15, 0.2) is 6.61 Å². The molecule has 0 bridgehead atoms. The number of nitrogens with zero attached hydrogens (tertiary/aromatic N) is 1. The second-order valence-electron chi connectivity index (χ2n) is 8.32. The Morgan fingerprint density at radius 1 is 1.38 bits per heavy atom. The normalized spacial score (nSPS) is 16.5. The number of furan rings is 1. The van der Waals surface area contributed by atoms with Gasteiger partial charge in [-0.2, -0.15) is 5.26 Å². The van der Waals surface area contributed by atoms with Crippen LogP contribution < -0.4 is 10.6 Å². The van der Waals surface area contributed by atoms with E-state index in [9.17, 15) is 14.9 Å². The van der Waals surface area contributed by atoms with Crippen molar-refractivity contribution in [3.63, 3.8) is 0 Å². The van der Waals surface area contributed by atoms with E-state index in [1.807, 2.05) is 0 Å². The first-order chi connectivity index (χ1) is 13.6. The summed E-state index contributed by atoms with van der Waals surface area (Å²) in [6, 6.07) is 5.76. The summed E-state index contributed by atoms with van der Waals surface area (Å²) in [5, 5.41) is 16.5. The van der Waals surface area contributed by atoms with Gasteiger partial charge in [0.2, 0.25) is 0 Å². The highest BCUT2D eigenvalue weighted by Crippen LogP contribution is 2.44. The number of hydrogen-bond acceptors (Lipinski definition) is 7. The molecule has 2 N–H and O–H groups in total. The minimum Gasteiger partial charge on any atom is -0.469 e. The minimum absolute atomic E-state index is 0.131. The highest BCUT2D eigenvalue weighted by atomic mass is 32.1. The maximum atomic E-state index is 12.3. The molecule has 3 rings (SSSR count). The summed E-state index contributed by atoms with van der Waals surface area (Å²) >= 11 is 1.40. The smallest absolute Gasteiger partial charge is 0.306 e. The molecule has 154 valence electrons. The molecule has 3 heterocycles. The van der Waals surface area contributed by atoms with Gasteiger partial charge in [0.05, 0.1) is 18.2 Å². The fourth-order valence-corrected chi connectivity index (χ4v) is 5.04. The lowest BCUT2D eigenvalue weighted by atomic mass is 9.81. The Morgan fingerprint density at radius 2 is 2.14 bits per heavy atom. The minimum atomic E-state index is -0.477. The van der Waals surface area contributed by atoms with Crippen LogP contribution in [0.5, 0.6) is 0 Å². The molecule has 0 atom stereocenters. The maximum absolute atomic E-state index is 12.3. The van der Waals surface area contributed by atoms with Crippen molar-refractivity contribution in [2.24, 2.45) is 0 Å². The van der Waals surface area contributed by atoms with Crippen LogP contribution in [0.1, 0.15) is 55.9 Å². The third kappa shape index (κ3) is 4.86. The van der Waals surface area contributed by atoms with E-state index in [0.29, 0.717) is 29.2 Å². The van der Waals surface area contributed by atoms with Crippen LogP contribution in [0.3, 0.4) is 0 Å². The summed E-state index contributed by atoms with van der Waals surface area (Å²) < 4.78 is 10.2. The zero-order chi connectivity index (χ0) is 21.2. The van der Waals surface area contributed by atoms with Gasteiger partial charge in [-0.1, -0.05) is 0 Å². The van der Waals surface area contributed by atoms with Crippen molar-refractivity contribution in [2.75, 3.05) is 11.9 Å². The van der Waals surface area contributed by atoms with E-state index in [0.717, 1.165) is 10.4 Å². The number of carbonyl (C=O) groups excluding carboxylic acids is 2. The van der Waals surface area contributed by atoms with Crippen LogP contribution in [0.4, 0.5) is 5.00 Å². The van der Waals surface area contributed by atoms with E-state index in [1.54, 1.807) is 18.4 Å². The number of esters is 1. The largest absolute Gasteiger partial charge is 0.469 e. The first kappa shape index (κ1) is 21.1. The van der Waals surface area contributed by atoms with E-state index in [-0.39, 0.29) is 17.5 Å². The van der Waals surface area contributed by atoms with Crippen LogP contribution in [0.15, 0.2) is 22.8 Å². The third-order valence-electron chi connectivity index (χ3n) is 4.73. The van der Waals surface area contributed by atoms with E-state index in [1.165, 1.54) is 11.3 Å². The van der Waals surface area contributed by atoms with Crippen LogP contribution in [0.2, 0.25) is 0 Å². The fraction of sp³-hybridized carbons (Fsp3) is 0.476. The van der Waals surface area contributed by atoms with E-state index >= 15 is 0 Å². The van der Waals surface area contributed by atoms with Crippen molar-refractivity contribution < 1.29 is 18.7 Å². The molecule has 2 aromatic rings. The molecule has 0 aliphatic carbocycles. The average Bonchev–Trinajstić information content (AvgIpc) is 3.24. The van der Waals surface area contributed by atoms with Crippen molar-refractivity contribution in [1.29, 1.82) is 5.26 Å². The Bertz CT molecular complexity index is 951. The van der Waals surface area contributed by atoms with Gasteiger partial charge >= 0.3 is 5.97 Å². The number of rotatable bonds is 6. The predicted molar refractivity (Wildman–Crippen MR) is 110 cm³/mol. The molecule has 0 unspecified atom stereocenters. The molecular formula is C21H25N3O4S. The molecule has 0 radical (unpaired) electrons. The monoisotopic (exact) mass is 415 g/mol. The summed E-state index contributed by atoms with van der Waals surface area (Å²) in [6.45, 7) is 7.93. The molecule has 0 saturated carbocycles. The quantitative estimate of drug-likeness (QED) is 0.700. The molecule has 1 aliphatic rings. The molecule has 0 fully saturated rings. The Hall–Kier alpha value is -2.63. The fourth-order valence-electron chi connectivity index (χ4n) is 3.79. The first-order valence-corrected chi connectivity index (χ1v) is 10.3. The Balaban J connectivity index is 1.63. The van der Waals surface area contributed by atoms with Crippen LogP contribution in [0, 0.1) is 11.3 Å². The lowest BCUT2D eigenvalue weighted by molar-refractivity contribution is -0.147. The van der Waals surface area contributed by atoms with Crippen molar-refractivity contribution in [3.8, 4) is 6.07 Å². The number of anilines is 1. The number of fused-ring (bicyclic) bond motifs is 1. The van der Waals surface area contributed by atoms with Crippen LogP contribution in [-0.2, 0) is 32.7 Å². The van der Waals surface area contributed by atoms with Gasteiger partial charge in [-0.25, -0.2) is 0 Å². The number of hydrogen-bond donors (Lipinski definition) is 2. The molecule has 0 spiro atoms. The average molecular weight is 416 g/mol. The Labute approximate surface area is 174 Å². The molecular weight excluding hydrogens is 390 g/mol. The van der Waals surface area contributed by atoms with Crippen LogP contribution in [-0.4, -0.2) is 24.0 Å². The number of thiophene rings is 1. The molecule has 1 amide bonds. The van der Waals surface area contributed by atoms with Gasteiger partial charge in [-0.15, -0.1) is 11.3 Å². The predicted octanol–water partition coefficient (Wildman–Crippen LogP) is 3.49. The summed E-state index contributed by atoms with van der Waals surface area (Å²) in [7, 11) is 0. The Morgan fingerprint density at radius 3 is 2.79 bits per heavy atom. The molecule has 1 aliphatic heterocycles. The number of amides is 1. The Kier molecular flexibility index (Phi) is 5.82. The lowest BCUT2D eigenvalue weighted by Gasteiger charge is -2.42. The number of aryl methyl sites for hydroxylation is 1. The summed E-state index contributed by atoms with van der Waals surface area (Å²) in [6.07, 6.45) is 2.79. The lowest BCUT2D eigenvalue weighted by Crippen LogP contribution is -2.54. The zero-order valence-electron chi connectivity index (χ0n) is 17.0. The highest BCUT2D eigenvalue weighted by molar-refractivity contribution is 7.17. The van der Waals surface area contributed by atoms with Crippen LogP contribution >= 0.6 is 11.3 Å². The standard InChI is InChI=1S/C21H25N3O4S/c1-20(2)10-14-15(11-22)19(29-18(14)21(3,4)24-20)23-16(25)12-28-17(26)8-7-13-6-5-9-27-13/h5-6,9,24H,7-8,10,12H2,1-4H3,(H,23,25).